The summed E-state index contributed by atoms with van der Waals surface area (Å²) in [7, 11) is 3.24. The van der Waals surface area contributed by atoms with E-state index in [2.05, 4.69) is 31.3 Å². The van der Waals surface area contributed by atoms with Gasteiger partial charge in [-0.15, -0.1) is 0 Å². The highest BCUT2D eigenvalue weighted by Crippen LogP contribution is 2.47. The summed E-state index contributed by atoms with van der Waals surface area (Å²) in [5, 5.41) is 3.43. The van der Waals surface area contributed by atoms with Crippen LogP contribution >= 0.6 is 0 Å². The Morgan fingerprint density at radius 1 is 1.08 bits per heavy atom. The number of hydrogen-bond acceptors (Lipinski definition) is 5. The van der Waals surface area contributed by atoms with Crippen molar-refractivity contribution in [1.82, 2.24) is 0 Å². The van der Waals surface area contributed by atoms with Crippen LogP contribution in [-0.2, 0) is 9.53 Å². The van der Waals surface area contributed by atoms with Crippen LogP contribution in [0.5, 0.6) is 11.5 Å². The SMILES string of the molecule is COc1cc(OC)cc(C2C3=C(COC3=O)Nc3c2ccc(C)c3C)c1. The minimum absolute atomic E-state index is 0.223. The highest BCUT2D eigenvalue weighted by molar-refractivity contribution is 5.97. The number of esters is 1. The third-order valence-corrected chi connectivity index (χ3v) is 5.24. The van der Waals surface area contributed by atoms with E-state index in [1.807, 2.05) is 18.2 Å². The van der Waals surface area contributed by atoms with Crippen molar-refractivity contribution in [1.29, 1.82) is 0 Å². The normalized spacial score (nSPS) is 18.0. The molecule has 2 aliphatic rings. The molecule has 0 bridgehead atoms. The molecule has 2 heterocycles. The third kappa shape index (κ3) is 2.43. The lowest BCUT2D eigenvalue weighted by atomic mass is 9.79. The van der Waals surface area contributed by atoms with Gasteiger partial charge >= 0.3 is 5.97 Å². The average Bonchev–Trinajstić information content (AvgIpc) is 3.03. The molecular weight excluding hydrogens is 330 g/mol. The predicted octanol–water partition coefficient (Wildman–Crippen LogP) is 3.69. The van der Waals surface area contributed by atoms with E-state index in [1.54, 1.807) is 14.2 Å². The first-order chi connectivity index (χ1) is 12.5. The molecule has 0 saturated carbocycles. The molecule has 134 valence electrons. The molecule has 2 aliphatic heterocycles. The van der Waals surface area contributed by atoms with Crippen LogP contribution in [0.1, 0.15) is 28.2 Å². The van der Waals surface area contributed by atoms with Gasteiger partial charge in [0.1, 0.15) is 18.1 Å². The number of hydrogen-bond donors (Lipinski definition) is 1. The summed E-state index contributed by atoms with van der Waals surface area (Å²) < 4.78 is 16.2. The molecule has 0 spiro atoms. The van der Waals surface area contributed by atoms with Gasteiger partial charge < -0.3 is 19.5 Å². The van der Waals surface area contributed by atoms with Crippen LogP contribution in [0.2, 0.25) is 0 Å². The molecule has 5 nitrogen and oxygen atoms in total. The highest BCUT2D eigenvalue weighted by atomic mass is 16.5. The number of carbonyl (C=O) groups is 1. The fraction of sp³-hybridized carbons (Fsp3) is 0.286. The zero-order chi connectivity index (χ0) is 18.4. The average molecular weight is 351 g/mol. The molecule has 0 fully saturated rings. The number of methoxy groups -OCH3 is 2. The molecule has 26 heavy (non-hydrogen) atoms. The summed E-state index contributed by atoms with van der Waals surface area (Å²) in [4.78, 5) is 12.5. The Balaban J connectivity index is 1.97. The molecule has 1 atom stereocenters. The maximum absolute atomic E-state index is 12.5. The molecule has 0 aliphatic carbocycles. The van der Waals surface area contributed by atoms with Crippen molar-refractivity contribution in [2.24, 2.45) is 0 Å². The predicted molar refractivity (Wildman–Crippen MR) is 98.9 cm³/mol. The van der Waals surface area contributed by atoms with E-state index >= 15 is 0 Å². The van der Waals surface area contributed by atoms with Crippen molar-refractivity contribution in [2.75, 3.05) is 26.1 Å². The molecule has 2 aromatic carbocycles. The monoisotopic (exact) mass is 351 g/mol. The van der Waals surface area contributed by atoms with Crippen molar-refractivity contribution in [2.45, 2.75) is 19.8 Å². The second kappa shape index (κ2) is 6.09. The number of carbonyl (C=O) groups excluding carboxylic acids is 1. The summed E-state index contributed by atoms with van der Waals surface area (Å²) in [5.41, 5.74) is 6.92. The van der Waals surface area contributed by atoms with Gasteiger partial charge in [-0.05, 0) is 48.2 Å². The molecular formula is C21H21NO4. The van der Waals surface area contributed by atoms with Crippen LogP contribution in [-0.4, -0.2) is 26.8 Å². The second-order valence-electron chi connectivity index (χ2n) is 6.64. The van der Waals surface area contributed by atoms with Gasteiger partial charge in [0, 0.05) is 17.7 Å². The molecule has 0 aromatic heterocycles. The lowest BCUT2D eigenvalue weighted by molar-refractivity contribution is -0.136. The first-order valence-corrected chi connectivity index (χ1v) is 8.53. The fourth-order valence-electron chi connectivity index (χ4n) is 3.70. The number of aryl methyl sites for hydroxylation is 1. The Kier molecular flexibility index (Phi) is 3.87. The summed E-state index contributed by atoms with van der Waals surface area (Å²) in [5.74, 6) is 0.885. The van der Waals surface area contributed by atoms with E-state index in [0.717, 1.165) is 22.5 Å². The maximum atomic E-state index is 12.5. The van der Waals surface area contributed by atoms with Crippen molar-refractivity contribution < 1.29 is 19.0 Å². The van der Waals surface area contributed by atoms with Crippen LogP contribution in [0.4, 0.5) is 5.69 Å². The maximum Gasteiger partial charge on any atom is 0.337 e. The zero-order valence-electron chi connectivity index (χ0n) is 15.3. The third-order valence-electron chi connectivity index (χ3n) is 5.24. The molecule has 4 rings (SSSR count). The lowest BCUT2D eigenvalue weighted by Crippen LogP contribution is -2.21. The van der Waals surface area contributed by atoms with Crippen LogP contribution in [0.25, 0.3) is 0 Å². The van der Waals surface area contributed by atoms with Crippen LogP contribution in [0.3, 0.4) is 0 Å². The van der Waals surface area contributed by atoms with Crippen LogP contribution < -0.4 is 14.8 Å². The van der Waals surface area contributed by atoms with E-state index in [0.29, 0.717) is 17.1 Å². The number of ether oxygens (including phenoxy) is 3. The number of fused-ring (bicyclic) bond motifs is 1. The van der Waals surface area contributed by atoms with Gasteiger partial charge in [0.05, 0.1) is 25.5 Å². The van der Waals surface area contributed by atoms with Gasteiger partial charge in [0.2, 0.25) is 0 Å². The van der Waals surface area contributed by atoms with E-state index < -0.39 is 0 Å². The minimum Gasteiger partial charge on any atom is -0.497 e. The summed E-state index contributed by atoms with van der Waals surface area (Å²) >= 11 is 0. The quantitative estimate of drug-likeness (QED) is 0.855. The molecule has 0 radical (unpaired) electrons. The Morgan fingerprint density at radius 2 is 1.77 bits per heavy atom. The van der Waals surface area contributed by atoms with Gasteiger partial charge in [0.25, 0.3) is 0 Å². The number of benzene rings is 2. The van der Waals surface area contributed by atoms with Gasteiger partial charge in [-0.1, -0.05) is 12.1 Å². The first-order valence-electron chi connectivity index (χ1n) is 8.53. The summed E-state index contributed by atoms with van der Waals surface area (Å²) in [6.07, 6.45) is 0. The lowest BCUT2D eigenvalue weighted by Gasteiger charge is -2.29. The van der Waals surface area contributed by atoms with Crippen molar-refractivity contribution in [3.8, 4) is 11.5 Å². The Labute approximate surface area is 152 Å². The Bertz CT molecular complexity index is 923. The van der Waals surface area contributed by atoms with Gasteiger partial charge in [-0.3, -0.25) is 0 Å². The molecule has 1 N–H and O–H groups in total. The molecule has 0 saturated heterocycles. The Hall–Kier alpha value is -2.95. The summed E-state index contributed by atoms with van der Waals surface area (Å²) in [6.45, 7) is 4.45. The van der Waals surface area contributed by atoms with Gasteiger partial charge in [-0.2, -0.15) is 0 Å². The summed E-state index contributed by atoms with van der Waals surface area (Å²) in [6, 6.07) is 9.90. The fourth-order valence-corrected chi connectivity index (χ4v) is 3.70. The number of anilines is 1. The standard InChI is InChI=1S/C21H21NO4/c1-11-5-6-16-18(13-7-14(24-3)9-15(8-13)25-4)19-17(10-26-21(19)23)22-20(16)12(11)2/h5-9,18,22H,10H2,1-4H3. The zero-order valence-corrected chi connectivity index (χ0v) is 15.3. The van der Waals surface area contributed by atoms with Crippen LogP contribution in [0.15, 0.2) is 41.6 Å². The second-order valence-corrected chi connectivity index (χ2v) is 6.64. The Morgan fingerprint density at radius 3 is 2.42 bits per heavy atom. The van der Waals surface area contributed by atoms with E-state index in [4.69, 9.17) is 14.2 Å². The van der Waals surface area contributed by atoms with Crippen molar-refractivity contribution in [3.05, 3.63) is 63.9 Å². The topological polar surface area (TPSA) is 56.8 Å². The van der Waals surface area contributed by atoms with E-state index in [-0.39, 0.29) is 18.5 Å². The number of rotatable bonds is 3. The number of nitrogens with one attached hydrogen (secondary N) is 1. The minimum atomic E-state index is -0.275. The van der Waals surface area contributed by atoms with Crippen molar-refractivity contribution in [3.63, 3.8) is 0 Å². The molecule has 0 amide bonds. The van der Waals surface area contributed by atoms with E-state index in [9.17, 15) is 4.79 Å². The van der Waals surface area contributed by atoms with Crippen LogP contribution in [0, 0.1) is 13.8 Å². The molecule has 1 unspecified atom stereocenters. The smallest absolute Gasteiger partial charge is 0.337 e. The number of cyclic esters (lactones) is 1. The largest absolute Gasteiger partial charge is 0.497 e. The highest BCUT2D eigenvalue weighted by Gasteiger charge is 2.39. The van der Waals surface area contributed by atoms with E-state index in [1.165, 1.54) is 11.1 Å². The molecule has 5 heteroatoms. The van der Waals surface area contributed by atoms with Gasteiger partial charge in [-0.25, -0.2) is 4.79 Å². The van der Waals surface area contributed by atoms with Gasteiger partial charge in [0.15, 0.2) is 0 Å². The molecule has 2 aromatic rings. The first kappa shape index (κ1) is 16.5. The van der Waals surface area contributed by atoms with Crippen molar-refractivity contribution >= 4 is 11.7 Å².